The van der Waals surface area contributed by atoms with Gasteiger partial charge in [0.15, 0.2) is 13.4 Å². The number of methoxy groups -OCH3 is 1. The number of rotatable bonds is 5. The molecule has 1 aromatic heterocycles. The number of alkyl halides is 6. The highest BCUT2D eigenvalue weighted by atomic mass is 35.6. The van der Waals surface area contributed by atoms with Gasteiger partial charge in [-0.1, -0.05) is 87.8 Å². The van der Waals surface area contributed by atoms with E-state index in [1.54, 1.807) is 13.2 Å². The minimum Gasteiger partial charge on any atom is -0.497 e. The first-order valence-electron chi connectivity index (χ1n) is 7.23. The van der Waals surface area contributed by atoms with Crippen molar-refractivity contribution in [3.05, 3.63) is 47.3 Å². The summed E-state index contributed by atoms with van der Waals surface area (Å²) in [7, 11) is 1.61. The van der Waals surface area contributed by atoms with E-state index in [9.17, 15) is 0 Å². The Bertz CT molecular complexity index is 735. The molecule has 26 heavy (non-hydrogen) atoms. The van der Waals surface area contributed by atoms with E-state index in [1.807, 2.05) is 30.3 Å². The summed E-state index contributed by atoms with van der Waals surface area (Å²) >= 11 is 35.0. The summed E-state index contributed by atoms with van der Waals surface area (Å²) in [5.41, 5.74) is 0.928. The van der Waals surface area contributed by atoms with Crippen LogP contribution in [-0.2, 0) is 12.8 Å². The van der Waals surface area contributed by atoms with E-state index in [4.69, 9.17) is 74.3 Å². The van der Waals surface area contributed by atoms with Gasteiger partial charge < -0.3 is 4.74 Å². The number of ether oxygens (including phenoxy) is 1. The molecule has 0 aliphatic carbocycles. The Labute approximate surface area is 181 Å². The van der Waals surface area contributed by atoms with Crippen molar-refractivity contribution in [2.45, 2.75) is 20.4 Å². The van der Waals surface area contributed by atoms with E-state index in [2.05, 4.69) is 15.0 Å². The third-order valence-electron chi connectivity index (χ3n) is 3.00. The summed E-state index contributed by atoms with van der Waals surface area (Å²) < 4.78 is 2.03. The molecule has 0 bridgehead atoms. The minimum atomic E-state index is -1.55. The smallest absolute Gasteiger partial charge is 0.197 e. The maximum atomic E-state index is 5.83. The molecule has 0 atom stereocenters. The second-order valence-corrected chi connectivity index (χ2v) is 10.2. The van der Waals surface area contributed by atoms with Crippen LogP contribution in [0.1, 0.15) is 23.0 Å². The van der Waals surface area contributed by atoms with Gasteiger partial charge in [-0.25, -0.2) is 15.0 Å². The van der Waals surface area contributed by atoms with Crippen molar-refractivity contribution < 1.29 is 4.74 Å². The number of nitrogens with zero attached hydrogens (tertiary/aromatic N) is 3. The lowest BCUT2D eigenvalue weighted by Gasteiger charge is -2.13. The SMILES string of the molecule is COc1ccc(C=Cc2nc(CC(Cl)(Cl)Cl)nc(CC(Cl)(Cl)Cl)n2)cc1. The Morgan fingerprint density at radius 3 is 1.73 bits per heavy atom. The van der Waals surface area contributed by atoms with Gasteiger partial charge in [-0.3, -0.25) is 0 Å². The summed E-state index contributed by atoms with van der Waals surface area (Å²) in [5.74, 6) is 1.71. The summed E-state index contributed by atoms with van der Waals surface area (Å²) in [5, 5.41) is 0. The van der Waals surface area contributed by atoms with Crippen LogP contribution in [-0.4, -0.2) is 29.6 Å². The Kier molecular flexibility index (Phi) is 7.66. The highest BCUT2D eigenvalue weighted by molar-refractivity contribution is 6.68. The van der Waals surface area contributed by atoms with Crippen LogP contribution in [0.4, 0.5) is 0 Å². The third kappa shape index (κ3) is 8.03. The maximum Gasteiger partial charge on any atom is 0.197 e. The molecule has 2 rings (SSSR count). The van der Waals surface area contributed by atoms with Gasteiger partial charge in [-0.05, 0) is 23.8 Å². The Balaban J connectivity index is 2.30. The maximum absolute atomic E-state index is 5.83. The molecule has 0 saturated carbocycles. The molecule has 0 radical (unpaired) electrons. The van der Waals surface area contributed by atoms with Gasteiger partial charge >= 0.3 is 0 Å². The third-order valence-corrected chi connectivity index (χ3v) is 3.80. The van der Waals surface area contributed by atoms with Crippen molar-refractivity contribution in [2.24, 2.45) is 0 Å². The highest BCUT2D eigenvalue weighted by Gasteiger charge is 2.26. The van der Waals surface area contributed by atoms with Crippen molar-refractivity contribution in [2.75, 3.05) is 7.11 Å². The molecule has 0 saturated heterocycles. The molecular formula is C16H13Cl6N3O. The molecule has 4 nitrogen and oxygen atoms in total. The monoisotopic (exact) mass is 473 g/mol. The van der Waals surface area contributed by atoms with Crippen molar-refractivity contribution in [1.82, 2.24) is 15.0 Å². The number of halogens is 6. The largest absolute Gasteiger partial charge is 0.497 e. The van der Waals surface area contributed by atoms with Crippen molar-refractivity contribution in [1.29, 1.82) is 0 Å². The van der Waals surface area contributed by atoms with Crippen molar-refractivity contribution in [3.63, 3.8) is 0 Å². The lowest BCUT2D eigenvalue weighted by molar-refractivity contribution is 0.415. The number of hydrogen-bond donors (Lipinski definition) is 0. The van der Waals surface area contributed by atoms with E-state index in [1.165, 1.54) is 0 Å². The van der Waals surface area contributed by atoms with Crippen molar-refractivity contribution in [3.8, 4) is 5.75 Å². The zero-order chi connectivity index (χ0) is 19.4. The van der Waals surface area contributed by atoms with Crippen LogP contribution >= 0.6 is 69.6 Å². The molecule has 0 unspecified atom stereocenters. The fourth-order valence-corrected chi connectivity index (χ4v) is 2.68. The van der Waals surface area contributed by atoms with Gasteiger partial charge in [0.2, 0.25) is 0 Å². The molecule has 10 heteroatoms. The van der Waals surface area contributed by atoms with Crippen LogP contribution in [0, 0.1) is 0 Å². The van der Waals surface area contributed by atoms with E-state index >= 15 is 0 Å². The number of benzene rings is 1. The van der Waals surface area contributed by atoms with Crippen LogP contribution in [0.25, 0.3) is 12.2 Å². The average molecular weight is 476 g/mol. The zero-order valence-corrected chi connectivity index (χ0v) is 17.9. The highest BCUT2D eigenvalue weighted by Crippen LogP contribution is 2.31. The van der Waals surface area contributed by atoms with Gasteiger partial charge in [0.1, 0.15) is 17.4 Å². The van der Waals surface area contributed by atoms with Crippen molar-refractivity contribution >= 4 is 81.8 Å². The van der Waals surface area contributed by atoms with E-state index < -0.39 is 7.59 Å². The predicted molar refractivity (Wildman–Crippen MR) is 110 cm³/mol. The molecular weight excluding hydrogens is 463 g/mol. The predicted octanol–water partition coefficient (Wildman–Crippen LogP) is 5.88. The lowest BCUT2D eigenvalue weighted by atomic mass is 10.2. The van der Waals surface area contributed by atoms with Crippen LogP contribution in [0.3, 0.4) is 0 Å². The standard InChI is InChI=1S/C16H13Cl6N3O/c1-26-11-5-2-10(3-6-11)4-7-12-23-13(8-15(17,18)19)25-14(24-12)9-16(20,21)22/h2-7H,8-9H2,1H3. The first-order chi connectivity index (χ1) is 12.0. The number of hydrogen-bond acceptors (Lipinski definition) is 4. The van der Waals surface area contributed by atoms with Gasteiger partial charge in [0, 0.05) is 0 Å². The van der Waals surface area contributed by atoms with Crippen LogP contribution in [0.2, 0.25) is 0 Å². The molecule has 0 N–H and O–H groups in total. The topological polar surface area (TPSA) is 47.9 Å². The first kappa shape index (κ1) is 21.8. The molecule has 0 spiro atoms. The van der Waals surface area contributed by atoms with E-state index in [0.717, 1.165) is 11.3 Å². The Morgan fingerprint density at radius 1 is 0.808 bits per heavy atom. The molecule has 140 valence electrons. The summed E-state index contributed by atoms with van der Waals surface area (Å²) in [4.78, 5) is 12.8. The quantitative estimate of drug-likeness (QED) is 0.507. The summed E-state index contributed by atoms with van der Waals surface area (Å²) in [6.45, 7) is 0. The van der Waals surface area contributed by atoms with Crippen LogP contribution in [0.5, 0.6) is 5.75 Å². The van der Waals surface area contributed by atoms with Gasteiger partial charge in [0.25, 0.3) is 0 Å². The lowest BCUT2D eigenvalue weighted by Crippen LogP contribution is -2.16. The minimum absolute atomic E-state index is 0.00355. The van der Waals surface area contributed by atoms with E-state index in [0.29, 0.717) is 17.5 Å². The molecule has 0 aliphatic heterocycles. The van der Waals surface area contributed by atoms with Gasteiger partial charge in [-0.15, -0.1) is 0 Å². The second-order valence-electron chi connectivity index (χ2n) is 5.22. The molecule has 0 amide bonds. The molecule has 0 aliphatic rings. The van der Waals surface area contributed by atoms with Crippen LogP contribution < -0.4 is 4.74 Å². The summed E-state index contributed by atoms with van der Waals surface area (Å²) in [6.07, 6.45) is 3.52. The fraction of sp³-hybridized carbons (Fsp3) is 0.312. The molecule has 1 heterocycles. The fourth-order valence-electron chi connectivity index (χ4n) is 1.97. The second kappa shape index (κ2) is 9.13. The Hall–Kier alpha value is -0.490. The normalized spacial score (nSPS) is 12.6. The average Bonchev–Trinajstić information content (AvgIpc) is 2.50. The number of aromatic nitrogens is 3. The zero-order valence-electron chi connectivity index (χ0n) is 13.4. The molecule has 1 aromatic carbocycles. The molecule has 2 aromatic rings. The van der Waals surface area contributed by atoms with Gasteiger partial charge in [0.05, 0.1) is 20.0 Å². The Morgan fingerprint density at radius 2 is 1.31 bits per heavy atom. The summed E-state index contributed by atoms with van der Waals surface area (Å²) in [6, 6.07) is 7.47. The van der Waals surface area contributed by atoms with Gasteiger partial charge in [-0.2, -0.15) is 0 Å². The first-order valence-corrected chi connectivity index (χ1v) is 9.50. The molecule has 0 fully saturated rings. The van der Waals surface area contributed by atoms with E-state index in [-0.39, 0.29) is 12.8 Å². The van der Waals surface area contributed by atoms with Crippen LogP contribution in [0.15, 0.2) is 24.3 Å².